The molecule has 6 aliphatic rings. The van der Waals surface area contributed by atoms with E-state index in [0.29, 0.717) is 11.8 Å². The van der Waals surface area contributed by atoms with Gasteiger partial charge in [-0.3, -0.25) is 0 Å². The molecular weight excluding hydrogens is 284 g/mol. The fourth-order valence-electron chi connectivity index (χ4n) is 8.67. The summed E-state index contributed by atoms with van der Waals surface area (Å²) < 4.78 is 0. The number of aliphatic carboxylic acids is 1. The van der Waals surface area contributed by atoms with Gasteiger partial charge in [0.15, 0.2) is 0 Å². The van der Waals surface area contributed by atoms with Crippen LogP contribution in [0.2, 0.25) is 0 Å². The third-order valence-electron chi connectivity index (χ3n) is 8.95. The number of allylic oxidation sites excluding steroid dienone is 2. The minimum atomic E-state index is -0.708. The van der Waals surface area contributed by atoms with Crippen molar-refractivity contribution in [1.29, 1.82) is 0 Å². The highest BCUT2D eigenvalue weighted by Crippen LogP contribution is 2.77. The van der Waals surface area contributed by atoms with Gasteiger partial charge >= 0.3 is 0 Å². The van der Waals surface area contributed by atoms with E-state index in [1.165, 1.54) is 38.5 Å². The number of fused-ring (bicyclic) bond motifs is 2. The standard InChI is InChI=1S/C21H30O2/c1-13(2)20-4-3-14(11-20)12-21(20,18(22)23)19-8-15-5-16(9-19)7-17(6-15)10-19/h3-4,13-17H,5-12H2,1-2H3,(H,22,23)/p-1. The molecule has 2 nitrogen and oxygen atoms in total. The van der Waals surface area contributed by atoms with Gasteiger partial charge < -0.3 is 9.90 Å². The van der Waals surface area contributed by atoms with E-state index in [0.717, 1.165) is 30.6 Å². The number of carbonyl (C=O) groups excluding carboxylic acids is 1. The Labute approximate surface area is 139 Å². The lowest BCUT2D eigenvalue weighted by Gasteiger charge is -2.68. The lowest BCUT2D eigenvalue weighted by molar-refractivity contribution is -0.339. The second-order valence-electron chi connectivity index (χ2n) is 10.1. The highest BCUT2D eigenvalue weighted by molar-refractivity contribution is 5.77. The van der Waals surface area contributed by atoms with Crippen LogP contribution in [-0.4, -0.2) is 5.97 Å². The fraction of sp³-hybridized carbons (Fsp3) is 0.857. The van der Waals surface area contributed by atoms with Gasteiger partial charge in [0, 0.05) is 16.8 Å². The molecule has 6 bridgehead atoms. The van der Waals surface area contributed by atoms with Gasteiger partial charge in [0.05, 0.1) is 0 Å². The Balaban J connectivity index is 1.69. The van der Waals surface area contributed by atoms with E-state index >= 15 is 0 Å². The number of carboxylic acid groups (broad SMARTS) is 1. The molecule has 0 amide bonds. The van der Waals surface area contributed by atoms with Crippen LogP contribution in [0.3, 0.4) is 0 Å². The lowest BCUT2D eigenvalue weighted by Crippen LogP contribution is -2.66. The molecule has 0 heterocycles. The minimum absolute atomic E-state index is 0.0321. The molecule has 5 saturated carbocycles. The van der Waals surface area contributed by atoms with Crippen LogP contribution in [0.1, 0.15) is 65.2 Å². The van der Waals surface area contributed by atoms with Gasteiger partial charge in [-0.2, -0.15) is 0 Å². The van der Waals surface area contributed by atoms with Gasteiger partial charge in [0.25, 0.3) is 0 Å². The molecule has 0 radical (unpaired) electrons. The number of hydrogen-bond acceptors (Lipinski definition) is 2. The summed E-state index contributed by atoms with van der Waals surface area (Å²) in [7, 11) is 0. The number of carboxylic acids is 1. The van der Waals surface area contributed by atoms with Crippen LogP contribution in [0.15, 0.2) is 12.2 Å². The van der Waals surface area contributed by atoms with Crippen molar-refractivity contribution >= 4 is 5.97 Å². The first-order valence-corrected chi connectivity index (χ1v) is 9.82. The molecule has 0 aliphatic heterocycles. The first kappa shape index (κ1) is 14.5. The quantitative estimate of drug-likeness (QED) is 0.747. The summed E-state index contributed by atoms with van der Waals surface area (Å²) in [6.45, 7) is 4.49. The number of hydrogen-bond donors (Lipinski definition) is 0. The second kappa shape index (κ2) is 4.24. The summed E-state index contributed by atoms with van der Waals surface area (Å²) in [4.78, 5) is 12.8. The zero-order chi connectivity index (χ0) is 16.0. The molecule has 6 rings (SSSR count). The molecular formula is C21H29O2-. The SMILES string of the molecule is CC(C)C12C=CC(C1)CC2(C(=O)[O-])C12CC3CC(CC(C3)C1)C2. The Kier molecular flexibility index (Phi) is 2.68. The molecule has 2 heteroatoms. The van der Waals surface area contributed by atoms with Crippen molar-refractivity contribution in [2.75, 3.05) is 0 Å². The van der Waals surface area contributed by atoms with Crippen LogP contribution in [0.5, 0.6) is 0 Å². The normalized spacial score (nSPS) is 56.0. The largest absolute Gasteiger partial charge is 0.549 e. The van der Waals surface area contributed by atoms with E-state index in [4.69, 9.17) is 0 Å². The molecule has 0 spiro atoms. The molecule has 126 valence electrons. The average molecular weight is 313 g/mol. The first-order valence-electron chi connectivity index (χ1n) is 9.82. The van der Waals surface area contributed by atoms with E-state index in [2.05, 4.69) is 26.0 Å². The molecule has 0 aromatic rings. The summed E-state index contributed by atoms with van der Waals surface area (Å²) in [5.41, 5.74) is -0.712. The van der Waals surface area contributed by atoms with Gasteiger partial charge in [0.1, 0.15) is 0 Å². The Morgan fingerprint density at radius 1 is 1.00 bits per heavy atom. The van der Waals surface area contributed by atoms with Gasteiger partial charge in [0.2, 0.25) is 0 Å². The predicted octanol–water partition coefficient (Wildman–Crippen LogP) is 3.56. The molecule has 6 aliphatic carbocycles. The van der Waals surface area contributed by atoms with Crippen molar-refractivity contribution in [2.24, 2.45) is 45.8 Å². The molecule has 23 heavy (non-hydrogen) atoms. The van der Waals surface area contributed by atoms with Crippen LogP contribution >= 0.6 is 0 Å². The highest BCUT2D eigenvalue weighted by Gasteiger charge is 2.71. The van der Waals surface area contributed by atoms with Crippen molar-refractivity contribution in [3.05, 3.63) is 12.2 Å². The molecule has 3 unspecified atom stereocenters. The van der Waals surface area contributed by atoms with Crippen molar-refractivity contribution in [1.82, 2.24) is 0 Å². The Morgan fingerprint density at radius 2 is 1.57 bits per heavy atom. The van der Waals surface area contributed by atoms with Crippen LogP contribution in [0, 0.1) is 45.8 Å². The third kappa shape index (κ3) is 1.50. The maximum atomic E-state index is 12.8. The average Bonchev–Trinajstić information content (AvgIpc) is 3.03. The lowest BCUT2D eigenvalue weighted by atomic mass is 9.37. The molecule has 0 aromatic carbocycles. The Morgan fingerprint density at radius 3 is 2.00 bits per heavy atom. The topological polar surface area (TPSA) is 40.1 Å². The number of carbonyl (C=O) groups is 1. The Hall–Kier alpha value is -0.790. The summed E-state index contributed by atoms with van der Waals surface area (Å²) in [5, 5.41) is 12.8. The van der Waals surface area contributed by atoms with Gasteiger partial charge in [-0.1, -0.05) is 26.0 Å². The molecule has 5 fully saturated rings. The highest BCUT2D eigenvalue weighted by atomic mass is 16.4. The number of rotatable bonds is 3. The zero-order valence-electron chi connectivity index (χ0n) is 14.5. The smallest absolute Gasteiger partial charge is 0.0490 e. The minimum Gasteiger partial charge on any atom is -0.549 e. The predicted molar refractivity (Wildman–Crippen MR) is 87.2 cm³/mol. The van der Waals surface area contributed by atoms with E-state index in [9.17, 15) is 9.90 Å². The van der Waals surface area contributed by atoms with Crippen molar-refractivity contribution in [3.8, 4) is 0 Å². The molecule has 0 aromatic heterocycles. The monoisotopic (exact) mass is 313 g/mol. The summed E-state index contributed by atoms with van der Waals surface area (Å²) in [6.07, 6.45) is 14.2. The van der Waals surface area contributed by atoms with Crippen molar-refractivity contribution in [2.45, 2.75) is 65.2 Å². The van der Waals surface area contributed by atoms with Crippen molar-refractivity contribution < 1.29 is 9.90 Å². The summed E-state index contributed by atoms with van der Waals surface area (Å²) in [6, 6.07) is 0. The first-order chi connectivity index (χ1) is 10.9. The van der Waals surface area contributed by atoms with Gasteiger partial charge in [-0.15, -0.1) is 0 Å². The van der Waals surface area contributed by atoms with E-state index < -0.39 is 11.4 Å². The summed E-state index contributed by atoms with van der Waals surface area (Å²) >= 11 is 0. The van der Waals surface area contributed by atoms with Crippen LogP contribution < -0.4 is 5.11 Å². The molecule has 0 N–H and O–H groups in total. The van der Waals surface area contributed by atoms with Crippen LogP contribution in [-0.2, 0) is 4.79 Å². The maximum Gasteiger partial charge on any atom is 0.0490 e. The summed E-state index contributed by atoms with van der Waals surface area (Å²) in [5.74, 6) is 2.54. The molecule has 0 saturated heterocycles. The maximum absolute atomic E-state index is 12.8. The van der Waals surface area contributed by atoms with Gasteiger partial charge in [-0.05, 0) is 86.4 Å². The molecule has 3 atom stereocenters. The van der Waals surface area contributed by atoms with E-state index in [1.807, 2.05) is 0 Å². The third-order valence-corrected chi connectivity index (χ3v) is 8.95. The van der Waals surface area contributed by atoms with Crippen LogP contribution in [0.4, 0.5) is 0 Å². The fourth-order valence-corrected chi connectivity index (χ4v) is 8.67. The van der Waals surface area contributed by atoms with E-state index in [-0.39, 0.29) is 10.8 Å². The van der Waals surface area contributed by atoms with Gasteiger partial charge in [-0.25, -0.2) is 0 Å². The second-order valence-corrected chi connectivity index (χ2v) is 10.1. The van der Waals surface area contributed by atoms with E-state index in [1.54, 1.807) is 0 Å². The zero-order valence-corrected chi connectivity index (χ0v) is 14.5. The van der Waals surface area contributed by atoms with Crippen LogP contribution in [0.25, 0.3) is 0 Å². The van der Waals surface area contributed by atoms with Crippen molar-refractivity contribution in [3.63, 3.8) is 0 Å². The Bertz CT molecular complexity index is 553.